The molecule has 1 saturated heterocycles. The van der Waals surface area contributed by atoms with Crippen molar-refractivity contribution in [3.63, 3.8) is 0 Å². The maximum Gasteiger partial charge on any atom is 0.313 e. The molecule has 0 saturated carbocycles. The Kier molecular flexibility index (Phi) is 6.25. The smallest absolute Gasteiger partial charge is 0.313 e. The van der Waals surface area contributed by atoms with Crippen LogP contribution in [-0.2, 0) is 9.53 Å². The molecule has 1 atom stereocenters. The maximum atomic E-state index is 12.5. The van der Waals surface area contributed by atoms with Crippen molar-refractivity contribution in [2.75, 3.05) is 32.8 Å². The van der Waals surface area contributed by atoms with Gasteiger partial charge in [0, 0.05) is 6.54 Å². The molecule has 0 N–H and O–H groups in total. The van der Waals surface area contributed by atoms with Crippen LogP contribution >= 0.6 is 0 Å². The normalized spacial score (nSPS) is 22.3. The number of hydrogen-bond acceptors (Lipinski definition) is 4. The standard InChI is InChI=1S/C18H27NO3/c1-3-19-13-8-11-18(15-19,17(20)21-4-2)12-14-22-16-9-6-5-7-10-16/h5-7,9-10H,3-4,8,11-15H2,1-2H3/t18-/m0/s1. The Morgan fingerprint density at radius 1 is 1.27 bits per heavy atom. The van der Waals surface area contributed by atoms with Gasteiger partial charge in [0.1, 0.15) is 5.75 Å². The predicted molar refractivity (Wildman–Crippen MR) is 87.0 cm³/mol. The van der Waals surface area contributed by atoms with Gasteiger partial charge in [-0.05, 0) is 51.4 Å². The number of esters is 1. The van der Waals surface area contributed by atoms with Crippen molar-refractivity contribution in [1.82, 2.24) is 4.90 Å². The van der Waals surface area contributed by atoms with Crippen LogP contribution < -0.4 is 4.74 Å². The third-order valence-corrected chi connectivity index (χ3v) is 4.40. The van der Waals surface area contributed by atoms with E-state index in [1.165, 1.54) is 0 Å². The van der Waals surface area contributed by atoms with Gasteiger partial charge >= 0.3 is 5.97 Å². The van der Waals surface area contributed by atoms with E-state index >= 15 is 0 Å². The van der Waals surface area contributed by atoms with Crippen molar-refractivity contribution in [2.45, 2.75) is 33.1 Å². The first-order valence-corrected chi connectivity index (χ1v) is 8.27. The highest BCUT2D eigenvalue weighted by atomic mass is 16.5. The van der Waals surface area contributed by atoms with Gasteiger partial charge in [-0.15, -0.1) is 0 Å². The van der Waals surface area contributed by atoms with E-state index in [0.29, 0.717) is 19.6 Å². The van der Waals surface area contributed by atoms with Gasteiger partial charge in [0.15, 0.2) is 0 Å². The highest BCUT2D eigenvalue weighted by molar-refractivity contribution is 5.77. The molecule has 1 aromatic rings. The highest BCUT2D eigenvalue weighted by Gasteiger charge is 2.43. The van der Waals surface area contributed by atoms with Crippen LogP contribution in [-0.4, -0.2) is 43.7 Å². The fourth-order valence-electron chi connectivity index (χ4n) is 3.14. The van der Waals surface area contributed by atoms with E-state index in [1.807, 2.05) is 37.3 Å². The number of carbonyl (C=O) groups is 1. The molecule has 0 radical (unpaired) electrons. The van der Waals surface area contributed by atoms with Crippen LogP contribution in [0.15, 0.2) is 30.3 Å². The third-order valence-electron chi connectivity index (χ3n) is 4.40. The fraction of sp³-hybridized carbons (Fsp3) is 0.611. The molecule has 4 nitrogen and oxygen atoms in total. The SMILES string of the molecule is CCOC(=O)[C@]1(CCOc2ccccc2)CCCN(CC)C1. The van der Waals surface area contributed by atoms with Gasteiger partial charge in [0.2, 0.25) is 0 Å². The van der Waals surface area contributed by atoms with Crippen LogP contribution in [0, 0.1) is 5.41 Å². The number of carbonyl (C=O) groups excluding carboxylic acids is 1. The highest BCUT2D eigenvalue weighted by Crippen LogP contribution is 2.35. The van der Waals surface area contributed by atoms with Crippen LogP contribution in [0.25, 0.3) is 0 Å². The predicted octanol–water partition coefficient (Wildman–Crippen LogP) is 3.12. The maximum absolute atomic E-state index is 12.5. The summed E-state index contributed by atoms with van der Waals surface area (Å²) in [6.07, 6.45) is 2.63. The number of ether oxygens (including phenoxy) is 2. The van der Waals surface area contributed by atoms with Crippen LogP contribution in [0.4, 0.5) is 0 Å². The second-order valence-corrected chi connectivity index (χ2v) is 5.88. The molecule has 1 aliphatic heterocycles. The summed E-state index contributed by atoms with van der Waals surface area (Å²) in [5.74, 6) is 0.787. The zero-order chi connectivity index (χ0) is 15.8. The van der Waals surface area contributed by atoms with Gasteiger partial charge in [-0.1, -0.05) is 25.1 Å². The molecule has 0 aromatic heterocycles. The van der Waals surface area contributed by atoms with E-state index in [1.54, 1.807) is 0 Å². The summed E-state index contributed by atoms with van der Waals surface area (Å²) in [6, 6.07) is 9.76. The van der Waals surface area contributed by atoms with Crippen molar-refractivity contribution < 1.29 is 14.3 Å². The Labute approximate surface area is 133 Å². The molecule has 1 aromatic carbocycles. The first-order valence-electron chi connectivity index (χ1n) is 8.27. The van der Waals surface area contributed by atoms with E-state index < -0.39 is 5.41 Å². The molecule has 0 unspecified atom stereocenters. The van der Waals surface area contributed by atoms with Gasteiger partial charge in [0.25, 0.3) is 0 Å². The van der Waals surface area contributed by atoms with E-state index in [2.05, 4.69) is 11.8 Å². The van der Waals surface area contributed by atoms with Crippen molar-refractivity contribution in [3.05, 3.63) is 30.3 Å². The van der Waals surface area contributed by atoms with Crippen LogP contribution in [0.1, 0.15) is 33.1 Å². The van der Waals surface area contributed by atoms with Crippen molar-refractivity contribution >= 4 is 5.97 Å². The molecule has 2 rings (SSSR count). The summed E-state index contributed by atoms with van der Waals surface area (Å²) >= 11 is 0. The van der Waals surface area contributed by atoms with Gasteiger partial charge in [-0.3, -0.25) is 4.79 Å². The Bertz CT molecular complexity index is 463. The number of likely N-dealkylation sites (tertiary alicyclic amines) is 1. The minimum Gasteiger partial charge on any atom is -0.494 e. The Morgan fingerprint density at radius 3 is 2.73 bits per heavy atom. The van der Waals surface area contributed by atoms with Gasteiger partial charge in [0.05, 0.1) is 18.6 Å². The first kappa shape index (κ1) is 16.8. The summed E-state index contributed by atoms with van der Waals surface area (Å²) in [5.41, 5.74) is -0.418. The zero-order valence-electron chi connectivity index (χ0n) is 13.7. The lowest BCUT2D eigenvalue weighted by Crippen LogP contribution is -2.49. The van der Waals surface area contributed by atoms with Gasteiger partial charge in [-0.2, -0.15) is 0 Å². The Balaban J connectivity index is 1.99. The largest absolute Gasteiger partial charge is 0.494 e. The van der Waals surface area contributed by atoms with Crippen molar-refractivity contribution in [2.24, 2.45) is 5.41 Å². The molecule has 4 heteroatoms. The Hall–Kier alpha value is -1.55. The second-order valence-electron chi connectivity index (χ2n) is 5.88. The fourth-order valence-corrected chi connectivity index (χ4v) is 3.14. The summed E-state index contributed by atoms with van der Waals surface area (Å²) in [7, 11) is 0. The molecule has 0 aliphatic carbocycles. The molecule has 0 bridgehead atoms. The van der Waals surface area contributed by atoms with Crippen LogP contribution in [0.3, 0.4) is 0 Å². The number of para-hydroxylation sites is 1. The van der Waals surface area contributed by atoms with Crippen molar-refractivity contribution in [3.8, 4) is 5.75 Å². The zero-order valence-corrected chi connectivity index (χ0v) is 13.7. The van der Waals surface area contributed by atoms with Gasteiger partial charge in [-0.25, -0.2) is 0 Å². The van der Waals surface area contributed by atoms with Crippen molar-refractivity contribution in [1.29, 1.82) is 0 Å². The minimum atomic E-state index is -0.418. The molecular formula is C18H27NO3. The number of piperidine rings is 1. The topological polar surface area (TPSA) is 38.8 Å². The van der Waals surface area contributed by atoms with E-state index in [0.717, 1.165) is 38.2 Å². The third kappa shape index (κ3) is 4.23. The number of hydrogen-bond donors (Lipinski definition) is 0. The quantitative estimate of drug-likeness (QED) is 0.726. The molecule has 0 amide bonds. The second kappa shape index (κ2) is 8.18. The molecular weight excluding hydrogens is 278 g/mol. The summed E-state index contributed by atoms with van der Waals surface area (Å²) in [6.45, 7) is 7.80. The van der Waals surface area contributed by atoms with Crippen LogP contribution in [0.2, 0.25) is 0 Å². The lowest BCUT2D eigenvalue weighted by Gasteiger charge is -2.40. The number of nitrogens with zero attached hydrogens (tertiary/aromatic N) is 1. The summed E-state index contributed by atoms with van der Waals surface area (Å²) in [5, 5.41) is 0. The molecule has 1 aliphatic rings. The minimum absolute atomic E-state index is 0.0650. The molecule has 22 heavy (non-hydrogen) atoms. The average Bonchev–Trinajstić information content (AvgIpc) is 2.56. The lowest BCUT2D eigenvalue weighted by molar-refractivity contribution is -0.160. The monoisotopic (exact) mass is 305 g/mol. The Morgan fingerprint density at radius 2 is 2.05 bits per heavy atom. The molecule has 1 fully saturated rings. The first-order chi connectivity index (χ1) is 10.7. The van der Waals surface area contributed by atoms with Crippen LogP contribution in [0.5, 0.6) is 5.75 Å². The van der Waals surface area contributed by atoms with Gasteiger partial charge < -0.3 is 14.4 Å². The molecule has 1 heterocycles. The van der Waals surface area contributed by atoms with E-state index in [9.17, 15) is 4.79 Å². The lowest BCUT2D eigenvalue weighted by atomic mass is 9.77. The number of rotatable bonds is 7. The summed E-state index contributed by atoms with van der Waals surface area (Å²) < 4.78 is 11.2. The molecule has 0 spiro atoms. The van der Waals surface area contributed by atoms with E-state index in [4.69, 9.17) is 9.47 Å². The van der Waals surface area contributed by atoms with E-state index in [-0.39, 0.29) is 5.97 Å². The average molecular weight is 305 g/mol. The summed E-state index contributed by atoms with van der Waals surface area (Å²) in [4.78, 5) is 14.9. The number of benzene rings is 1. The molecule has 122 valence electrons.